The van der Waals surface area contributed by atoms with Crippen molar-refractivity contribution in [2.45, 2.75) is 33.1 Å². The van der Waals surface area contributed by atoms with Gasteiger partial charge in [-0.05, 0) is 19.1 Å². The Kier molecular flexibility index (Phi) is 3.92. The van der Waals surface area contributed by atoms with Gasteiger partial charge >= 0.3 is 0 Å². The summed E-state index contributed by atoms with van der Waals surface area (Å²) in [6.07, 6.45) is 0. The van der Waals surface area contributed by atoms with E-state index in [9.17, 15) is 4.79 Å². The third-order valence-electron chi connectivity index (χ3n) is 2.16. The van der Waals surface area contributed by atoms with E-state index in [2.05, 4.69) is 10.3 Å². The molecular weight excluding hydrogens is 224 g/mol. The molecule has 16 heavy (non-hydrogen) atoms. The van der Waals surface area contributed by atoms with Crippen molar-refractivity contribution in [3.05, 3.63) is 28.5 Å². The molecule has 3 nitrogen and oxygen atoms in total. The second-order valence-corrected chi connectivity index (χ2v) is 5.06. The first-order valence-electron chi connectivity index (χ1n) is 5.31. The highest BCUT2D eigenvalue weighted by Crippen LogP contribution is 2.23. The topological polar surface area (TPSA) is 42.0 Å². The Morgan fingerprint density at radius 1 is 1.44 bits per heavy atom. The second-order valence-electron chi connectivity index (χ2n) is 4.67. The molecule has 0 fully saturated rings. The number of rotatable bonds is 2. The number of carbonyl (C=O) groups excluding carboxylic acids is 1. The van der Waals surface area contributed by atoms with Crippen molar-refractivity contribution >= 4 is 17.5 Å². The molecule has 1 amide bonds. The quantitative estimate of drug-likeness (QED) is 0.808. The zero-order valence-electron chi connectivity index (χ0n) is 10.1. The number of halogens is 1. The number of pyridine rings is 1. The predicted molar refractivity (Wildman–Crippen MR) is 66.0 cm³/mol. The molecule has 0 bridgehead atoms. The van der Waals surface area contributed by atoms with Crippen LogP contribution in [0.4, 0.5) is 0 Å². The van der Waals surface area contributed by atoms with Gasteiger partial charge in [0.1, 0.15) is 5.15 Å². The molecule has 1 heterocycles. The van der Waals surface area contributed by atoms with Crippen molar-refractivity contribution in [2.75, 3.05) is 6.54 Å². The first kappa shape index (κ1) is 13.0. The number of carbonyl (C=O) groups is 1. The van der Waals surface area contributed by atoms with E-state index in [0.29, 0.717) is 17.3 Å². The van der Waals surface area contributed by atoms with E-state index in [1.165, 1.54) is 0 Å². The van der Waals surface area contributed by atoms with Crippen molar-refractivity contribution in [1.29, 1.82) is 0 Å². The molecule has 0 saturated carbocycles. The van der Waals surface area contributed by atoms with Gasteiger partial charge in [0, 0.05) is 23.2 Å². The fraction of sp³-hybridized carbons (Fsp3) is 0.500. The highest BCUT2D eigenvalue weighted by Gasteiger charge is 2.18. The van der Waals surface area contributed by atoms with Gasteiger partial charge in [-0.2, -0.15) is 0 Å². The van der Waals surface area contributed by atoms with Crippen LogP contribution in [0.3, 0.4) is 0 Å². The van der Waals surface area contributed by atoms with Crippen molar-refractivity contribution in [3.8, 4) is 0 Å². The molecule has 1 aromatic rings. The second kappa shape index (κ2) is 4.83. The molecule has 0 aromatic carbocycles. The van der Waals surface area contributed by atoms with Gasteiger partial charge in [0.25, 0.3) is 5.91 Å². The molecule has 0 aliphatic carbocycles. The van der Waals surface area contributed by atoms with E-state index < -0.39 is 0 Å². The normalized spacial score (nSPS) is 11.3. The van der Waals surface area contributed by atoms with Crippen molar-refractivity contribution in [1.82, 2.24) is 10.3 Å². The van der Waals surface area contributed by atoms with Gasteiger partial charge in [-0.15, -0.1) is 0 Å². The molecule has 1 N–H and O–H groups in total. The molecule has 0 atom stereocenters. The van der Waals surface area contributed by atoms with Crippen LogP contribution in [0.5, 0.6) is 0 Å². The zero-order valence-corrected chi connectivity index (χ0v) is 10.9. The molecule has 0 radical (unpaired) electrons. The predicted octanol–water partition coefficient (Wildman–Crippen LogP) is 2.78. The fourth-order valence-electron chi connectivity index (χ4n) is 1.27. The Bertz CT molecular complexity index is 396. The standard InChI is InChI=1S/C12H17ClN2O/c1-5-14-11(16)8-6-9(12(2,3)4)15-10(13)7-8/h6-7H,5H2,1-4H3,(H,14,16). The van der Waals surface area contributed by atoms with Crippen LogP contribution in [-0.2, 0) is 5.41 Å². The lowest BCUT2D eigenvalue weighted by Gasteiger charge is -2.18. The van der Waals surface area contributed by atoms with E-state index >= 15 is 0 Å². The van der Waals surface area contributed by atoms with Gasteiger partial charge in [-0.25, -0.2) is 4.98 Å². The Hall–Kier alpha value is -1.09. The van der Waals surface area contributed by atoms with E-state index in [-0.39, 0.29) is 11.3 Å². The smallest absolute Gasteiger partial charge is 0.251 e. The van der Waals surface area contributed by atoms with Gasteiger partial charge in [0.15, 0.2) is 0 Å². The van der Waals surface area contributed by atoms with Gasteiger partial charge in [-0.1, -0.05) is 32.4 Å². The summed E-state index contributed by atoms with van der Waals surface area (Å²) < 4.78 is 0. The summed E-state index contributed by atoms with van der Waals surface area (Å²) in [6.45, 7) is 8.59. The van der Waals surface area contributed by atoms with Crippen molar-refractivity contribution in [2.24, 2.45) is 0 Å². The third-order valence-corrected chi connectivity index (χ3v) is 2.36. The summed E-state index contributed by atoms with van der Waals surface area (Å²) in [5, 5.41) is 3.10. The maximum Gasteiger partial charge on any atom is 0.251 e. The average Bonchev–Trinajstić information content (AvgIpc) is 2.16. The number of aromatic nitrogens is 1. The van der Waals surface area contributed by atoms with Crippen LogP contribution in [-0.4, -0.2) is 17.4 Å². The highest BCUT2D eigenvalue weighted by atomic mass is 35.5. The lowest BCUT2D eigenvalue weighted by Crippen LogP contribution is -2.24. The van der Waals surface area contributed by atoms with Crippen molar-refractivity contribution < 1.29 is 4.79 Å². The van der Waals surface area contributed by atoms with E-state index in [4.69, 9.17) is 11.6 Å². The summed E-state index contributed by atoms with van der Waals surface area (Å²) in [6, 6.07) is 3.37. The summed E-state index contributed by atoms with van der Waals surface area (Å²) in [4.78, 5) is 15.9. The summed E-state index contributed by atoms with van der Waals surface area (Å²) in [5.74, 6) is -0.114. The molecule has 4 heteroatoms. The third kappa shape index (κ3) is 3.20. The summed E-state index contributed by atoms with van der Waals surface area (Å²) in [7, 11) is 0. The molecule has 0 aliphatic heterocycles. The number of hydrogen-bond acceptors (Lipinski definition) is 2. The Morgan fingerprint density at radius 2 is 2.06 bits per heavy atom. The van der Waals surface area contributed by atoms with Crippen LogP contribution in [0.25, 0.3) is 0 Å². The lowest BCUT2D eigenvalue weighted by atomic mass is 9.91. The maximum atomic E-state index is 11.7. The Morgan fingerprint density at radius 3 is 2.56 bits per heavy atom. The first-order valence-corrected chi connectivity index (χ1v) is 5.68. The van der Waals surface area contributed by atoms with Crippen LogP contribution in [0.15, 0.2) is 12.1 Å². The minimum absolute atomic E-state index is 0.114. The van der Waals surface area contributed by atoms with Gasteiger partial charge in [-0.3, -0.25) is 4.79 Å². The SMILES string of the molecule is CCNC(=O)c1cc(Cl)nc(C(C)(C)C)c1. The van der Waals surface area contributed by atoms with Crippen LogP contribution < -0.4 is 5.32 Å². The van der Waals surface area contributed by atoms with Crippen LogP contribution in [0.1, 0.15) is 43.7 Å². The maximum absolute atomic E-state index is 11.7. The number of nitrogens with one attached hydrogen (secondary N) is 1. The molecule has 0 aliphatic rings. The van der Waals surface area contributed by atoms with Crippen molar-refractivity contribution in [3.63, 3.8) is 0 Å². The van der Waals surface area contributed by atoms with Crippen LogP contribution in [0.2, 0.25) is 5.15 Å². The minimum atomic E-state index is -0.119. The fourth-order valence-corrected chi connectivity index (χ4v) is 1.48. The monoisotopic (exact) mass is 240 g/mol. The molecule has 0 saturated heterocycles. The van der Waals surface area contributed by atoms with E-state index in [1.54, 1.807) is 12.1 Å². The summed E-state index contributed by atoms with van der Waals surface area (Å²) in [5.41, 5.74) is 1.26. The van der Waals surface area contributed by atoms with E-state index in [0.717, 1.165) is 5.69 Å². The highest BCUT2D eigenvalue weighted by molar-refractivity contribution is 6.29. The number of amides is 1. The van der Waals surface area contributed by atoms with E-state index in [1.807, 2.05) is 27.7 Å². The molecular formula is C12H17ClN2O. The van der Waals surface area contributed by atoms with Gasteiger partial charge < -0.3 is 5.32 Å². The Balaban J connectivity index is 3.13. The molecule has 1 aromatic heterocycles. The molecule has 88 valence electrons. The van der Waals surface area contributed by atoms with Gasteiger partial charge in [0.2, 0.25) is 0 Å². The van der Waals surface area contributed by atoms with Crippen LogP contribution >= 0.6 is 11.6 Å². The largest absolute Gasteiger partial charge is 0.352 e. The lowest BCUT2D eigenvalue weighted by molar-refractivity contribution is 0.0955. The summed E-state index contributed by atoms with van der Waals surface area (Å²) >= 11 is 5.91. The number of nitrogens with zero attached hydrogens (tertiary/aromatic N) is 1. The average molecular weight is 241 g/mol. The van der Waals surface area contributed by atoms with Gasteiger partial charge in [0.05, 0.1) is 0 Å². The minimum Gasteiger partial charge on any atom is -0.352 e. The molecule has 0 unspecified atom stereocenters. The first-order chi connectivity index (χ1) is 7.34. The Labute approximate surface area is 101 Å². The molecule has 1 rings (SSSR count). The molecule has 0 spiro atoms. The zero-order chi connectivity index (χ0) is 12.3. The number of hydrogen-bond donors (Lipinski definition) is 1. The van der Waals surface area contributed by atoms with Crippen LogP contribution in [0, 0.1) is 0 Å².